The summed E-state index contributed by atoms with van der Waals surface area (Å²) in [6.07, 6.45) is 9.33. The number of amides is 1. The van der Waals surface area contributed by atoms with Gasteiger partial charge in [-0.3, -0.25) is 4.79 Å². The van der Waals surface area contributed by atoms with Gasteiger partial charge in [-0.25, -0.2) is 0 Å². The standard InChI is InChI=1S/C16H30F3NO/c1-2-3-4-5-6-7-8-9-10-11-12-13-14-20-15(21)16(17,18)19/h2-14H2,1H3,(H,20,21). The summed E-state index contributed by atoms with van der Waals surface area (Å²) in [5.74, 6) is -1.83. The van der Waals surface area contributed by atoms with Crippen LogP contribution in [0.5, 0.6) is 0 Å². The molecule has 0 bridgehead atoms. The average Bonchev–Trinajstić information content (AvgIpc) is 2.42. The Bertz CT molecular complexity index is 254. The molecule has 0 unspecified atom stereocenters. The predicted octanol–water partition coefficient (Wildman–Crippen LogP) is 5.37. The highest BCUT2D eigenvalue weighted by atomic mass is 19.4. The molecule has 0 atom stereocenters. The zero-order chi connectivity index (χ0) is 16.0. The summed E-state index contributed by atoms with van der Waals surface area (Å²) in [5, 5.41) is 1.89. The summed E-state index contributed by atoms with van der Waals surface area (Å²) in [7, 11) is 0. The first-order valence-corrected chi connectivity index (χ1v) is 8.33. The van der Waals surface area contributed by atoms with E-state index in [-0.39, 0.29) is 6.54 Å². The van der Waals surface area contributed by atoms with Gasteiger partial charge in [0.05, 0.1) is 0 Å². The molecule has 0 fully saturated rings. The molecule has 0 rings (SSSR count). The minimum atomic E-state index is -4.75. The van der Waals surface area contributed by atoms with Gasteiger partial charge in [-0.15, -0.1) is 0 Å². The molecule has 0 aliphatic rings. The van der Waals surface area contributed by atoms with Gasteiger partial charge in [-0.1, -0.05) is 77.6 Å². The SMILES string of the molecule is CCCCCCCCCCCCCCNC(=O)C(F)(F)F. The lowest BCUT2D eigenvalue weighted by Crippen LogP contribution is -2.37. The molecule has 2 nitrogen and oxygen atoms in total. The minimum Gasteiger partial charge on any atom is -0.348 e. The monoisotopic (exact) mass is 309 g/mol. The summed E-state index contributed by atoms with van der Waals surface area (Å²) >= 11 is 0. The second kappa shape index (κ2) is 13.0. The molecule has 0 aliphatic carbocycles. The Morgan fingerprint density at radius 1 is 0.762 bits per heavy atom. The molecule has 0 radical (unpaired) electrons. The maximum atomic E-state index is 11.9. The Morgan fingerprint density at radius 2 is 1.14 bits per heavy atom. The van der Waals surface area contributed by atoms with E-state index < -0.39 is 12.1 Å². The van der Waals surface area contributed by atoms with Gasteiger partial charge in [-0.05, 0) is 6.42 Å². The Morgan fingerprint density at radius 3 is 1.52 bits per heavy atom. The Labute approximate surface area is 126 Å². The number of rotatable bonds is 13. The average molecular weight is 309 g/mol. The first-order valence-electron chi connectivity index (χ1n) is 8.33. The van der Waals surface area contributed by atoms with Gasteiger partial charge in [0, 0.05) is 6.54 Å². The van der Waals surface area contributed by atoms with Crippen LogP contribution in [0.4, 0.5) is 13.2 Å². The molecule has 21 heavy (non-hydrogen) atoms. The van der Waals surface area contributed by atoms with Crippen LogP contribution in [-0.4, -0.2) is 18.6 Å². The molecule has 126 valence electrons. The zero-order valence-electron chi connectivity index (χ0n) is 13.2. The highest BCUT2D eigenvalue weighted by Gasteiger charge is 2.38. The molecular weight excluding hydrogens is 279 g/mol. The van der Waals surface area contributed by atoms with Gasteiger partial charge in [0.25, 0.3) is 0 Å². The van der Waals surface area contributed by atoms with Gasteiger partial charge >= 0.3 is 12.1 Å². The first-order chi connectivity index (χ1) is 9.98. The number of halogens is 3. The van der Waals surface area contributed by atoms with Gasteiger partial charge in [0.1, 0.15) is 0 Å². The van der Waals surface area contributed by atoms with Gasteiger partial charge in [0.15, 0.2) is 0 Å². The molecule has 0 saturated heterocycles. The molecule has 0 aromatic rings. The number of hydrogen-bond acceptors (Lipinski definition) is 1. The molecule has 0 aromatic heterocycles. The van der Waals surface area contributed by atoms with Crippen molar-refractivity contribution in [2.45, 2.75) is 90.1 Å². The maximum absolute atomic E-state index is 11.9. The van der Waals surface area contributed by atoms with E-state index in [2.05, 4.69) is 6.92 Å². The van der Waals surface area contributed by atoms with Gasteiger partial charge in [0.2, 0.25) is 0 Å². The summed E-state index contributed by atoms with van der Waals surface area (Å²) in [6.45, 7) is 2.34. The summed E-state index contributed by atoms with van der Waals surface area (Å²) in [5.41, 5.74) is 0. The molecule has 1 amide bonds. The van der Waals surface area contributed by atoms with E-state index in [1.54, 1.807) is 0 Å². The minimum absolute atomic E-state index is 0.121. The van der Waals surface area contributed by atoms with Crippen molar-refractivity contribution >= 4 is 5.91 Å². The van der Waals surface area contributed by atoms with Crippen molar-refractivity contribution < 1.29 is 18.0 Å². The van der Waals surface area contributed by atoms with E-state index in [1.807, 2.05) is 5.32 Å². The van der Waals surface area contributed by atoms with Crippen molar-refractivity contribution in [1.29, 1.82) is 0 Å². The first kappa shape index (κ1) is 20.3. The van der Waals surface area contributed by atoms with Gasteiger partial charge < -0.3 is 5.32 Å². The van der Waals surface area contributed by atoms with Crippen molar-refractivity contribution in [3.63, 3.8) is 0 Å². The lowest BCUT2D eigenvalue weighted by atomic mass is 10.1. The molecule has 5 heteroatoms. The summed E-state index contributed by atoms with van der Waals surface area (Å²) < 4.78 is 35.6. The fraction of sp³-hybridized carbons (Fsp3) is 0.938. The third-order valence-corrected chi connectivity index (χ3v) is 3.57. The highest BCUT2D eigenvalue weighted by molar-refractivity contribution is 5.81. The van der Waals surface area contributed by atoms with Crippen LogP contribution in [0.3, 0.4) is 0 Å². The molecule has 0 aliphatic heterocycles. The van der Waals surface area contributed by atoms with Crippen LogP contribution >= 0.6 is 0 Å². The summed E-state index contributed by atoms with van der Waals surface area (Å²) in [4.78, 5) is 10.5. The summed E-state index contributed by atoms with van der Waals surface area (Å²) in [6, 6.07) is 0. The second-order valence-corrected chi connectivity index (χ2v) is 5.64. The molecule has 0 aromatic carbocycles. The van der Waals surface area contributed by atoms with Crippen LogP contribution < -0.4 is 5.32 Å². The van der Waals surface area contributed by atoms with Crippen LogP contribution in [0.2, 0.25) is 0 Å². The van der Waals surface area contributed by atoms with Crippen LogP contribution in [-0.2, 0) is 4.79 Å². The van der Waals surface area contributed by atoms with E-state index in [0.717, 1.165) is 19.3 Å². The number of alkyl halides is 3. The Kier molecular flexibility index (Phi) is 12.5. The fourth-order valence-electron chi connectivity index (χ4n) is 2.27. The van der Waals surface area contributed by atoms with Crippen LogP contribution in [0, 0.1) is 0 Å². The molecule has 1 N–H and O–H groups in total. The second-order valence-electron chi connectivity index (χ2n) is 5.64. The van der Waals surface area contributed by atoms with Crippen LogP contribution in [0.15, 0.2) is 0 Å². The van der Waals surface area contributed by atoms with Crippen molar-refractivity contribution in [2.24, 2.45) is 0 Å². The van der Waals surface area contributed by atoms with E-state index >= 15 is 0 Å². The number of unbranched alkanes of at least 4 members (excludes halogenated alkanes) is 11. The third kappa shape index (κ3) is 14.0. The predicted molar refractivity (Wildman–Crippen MR) is 80.1 cm³/mol. The highest BCUT2D eigenvalue weighted by Crippen LogP contribution is 2.14. The largest absolute Gasteiger partial charge is 0.471 e. The quantitative estimate of drug-likeness (QED) is 0.455. The number of hydrogen-bond donors (Lipinski definition) is 1. The normalized spacial score (nSPS) is 11.6. The molecule has 0 heterocycles. The molecule has 0 saturated carbocycles. The van der Waals surface area contributed by atoms with E-state index in [1.165, 1.54) is 51.4 Å². The molecule has 0 spiro atoms. The van der Waals surface area contributed by atoms with E-state index in [9.17, 15) is 18.0 Å². The fourth-order valence-corrected chi connectivity index (χ4v) is 2.27. The van der Waals surface area contributed by atoms with Crippen LogP contribution in [0.1, 0.15) is 84.0 Å². The number of nitrogens with one attached hydrogen (secondary N) is 1. The van der Waals surface area contributed by atoms with E-state index in [4.69, 9.17) is 0 Å². The Hall–Kier alpha value is -0.740. The number of carbonyl (C=O) groups excluding carboxylic acids is 1. The van der Waals surface area contributed by atoms with Crippen molar-refractivity contribution in [2.75, 3.05) is 6.54 Å². The van der Waals surface area contributed by atoms with Crippen molar-refractivity contribution in [1.82, 2.24) is 5.32 Å². The number of carbonyl (C=O) groups is 1. The van der Waals surface area contributed by atoms with Crippen molar-refractivity contribution in [3.05, 3.63) is 0 Å². The van der Waals surface area contributed by atoms with Crippen molar-refractivity contribution in [3.8, 4) is 0 Å². The Balaban J connectivity index is 3.14. The lowest BCUT2D eigenvalue weighted by molar-refractivity contribution is -0.173. The molecular formula is C16H30F3NO. The third-order valence-electron chi connectivity index (χ3n) is 3.57. The van der Waals surface area contributed by atoms with E-state index in [0.29, 0.717) is 6.42 Å². The van der Waals surface area contributed by atoms with Gasteiger partial charge in [-0.2, -0.15) is 13.2 Å². The van der Waals surface area contributed by atoms with Crippen LogP contribution in [0.25, 0.3) is 0 Å². The zero-order valence-corrected chi connectivity index (χ0v) is 13.2. The topological polar surface area (TPSA) is 29.1 Å². The smallest absolute Gasteiger partial charge is 0.348 e. The maximum Gasteiger partial charge on any atom is 0.471 e. The lowest BCUT2D eigenvalue weighted by Gasteiger charge is -2.07.